The minimum atomic E-state index is -0.0171. The van der Waals surface area contributed by atoms with Crippen molar-refractivity contribution >= 4 is 17.2 Å². The van der Waals surface area contributed by atoms with Gasteiger partial charge in [-0.25, -0.2) is 0 Å². The molecule has 2 aliphatic rings. The van der Waals surface area contributed by atoms with E-state index in [9.17, 15) is 4.79 Å². The van der Waals surface area contributed by atoms with Gasteiger partial charge in [-0.2, -0.15) is 5.10 Å². The van der Waals surface area contributed by atoms with Crippen LogP contribution in [0.4, 0.5) is 0 Å². The van der Waals surface area contributed by atoms with Gasteiger partial charge < -0.3 is 14.2 Å². The first-order chi connectivity index (χ1) is 14.1. The van der Waals surface area contributed by atoms with Crippen LogP contribution in [0, 0.1) is 0 Å². The molecular weight excluding hydrogens is 388 g/mol. The van der Waals surface area contributed by atoms with Gasteiger partial charge in [0.05, 0.1) is 17.5 Å². The van der Waals surface area contributed by atoms with Crippen LogP contribution in [0.15, 0.2) is 23.6 Å². The van der Waals surface area contributed by atoms with E-state index in [1.807, 2.05) is 35.5 Å². The zero-order chi connectivity index (χ0) is 20.0. The third-order valence-corrected chi connectivity index (χ3v) is 6.69. The average molecular weight is 413 g/mol. The normalized spacial score (nSPS) is 20.1. The van der Waals surface area contributed by atoms with Crippen molar-refractivity contribution in [3.8, 4) is 10.6 Å². The van der Waals surface area contributed by atoms with Gasteiger partial charge in [-0.1, -0.05) is 6.07 Å². The molecule has 5 heterocycles. The number of aromatic nitrogens is 5. The number of fused-ring (bicyclic) bond motifs is 1. The van der Waals surface area contributed by atoms with Crippen LogP contribution in [0.2, 0.25) is 0 Å². The molecule has 0 unspecified atom stereocenters. The molecule has 1 fully saturated rings. The van der Waals surface area contributed by atoms with E-state index >= 15 is 0 Å². The van der Waals surface area contributed by atoms with Gasteiger partial charge in [0, 0.05) is 32.7 Å². The molecule has 0 bridgehead atoms. The molecular formula is C20H24N6O2S. The fourth-order valence-corrected chi connectivity index (χ4v) is 5.01. The fraction of sp³-hybridized carbons (Fsp3) is 0.500. The number of ether oxygens (including phenoxy) is 1. The molecule has 29 heavy (non-hydrogen) atoms. The Hall–Kier alpha value is -2.52. The van der Waals surface area contributed by atoms with E-state index < -0.39 is 0 Å². The zero-order valence-electron chi connectivity index (χ0n) is 16.6. The molecule has 0 spiro atoms. The van der Waals surface area contributed by atoms with Gasteiger partial charge in [-0.15, -0.1) is 21.5 Å². The van der Waals surface area contributed by atoms with Crippen molar-refractivity contribution < 1.29 is 9.53 Å². The van der Waals surface area contributed by atoms with Crippen LogP contribution in [0.1, 0.15) is 53.9 Å². The van der Waals surface area contributed by atoms with Gasteiger partial charge in [0.15, 0.2) is 5.82 Å². The number of amides is 1. The monoisotopic (exact) mass is 412 g/mol. The van der Waals surface area contributed by atoms with Crippen molar-refractivity contribution in [3.63, 3.8) is 0 Å². The zero-order valence-corrected chi connectivity index (χ0v) is 17.4. The lowest BCUT2D eigenvalue weighted by atomic mass is 9.99. The van der Waals surface area contributed by atoms with Crippen LogP contribution in [0.3, 0.4) is 0 Å². The summed E-state index contributed by atoms with van der Waals surface area (Å²) in [7, 11) is 1.82. The molecule has 0 aliphatic carbocycles. The van der Waals surface area contributed by atoms with E-state index in [0.29, 0.717) is 24.7 Å². The Morgan fingerprint density at radius 2 is 2.10 bits per heavy atom. The first-order valence-corrected chi connectivity index (χ1v) is 10.9. The largest absolute Gasteiger partial charge is 0.381 e. The van der Waals surface area contributed by atoms with Crippen molar-refractivity contribution in [1.29, 1.82) is 0 Å². The number of hydrogen-bond acceptors (Lipinski definition) is 6. The summed E-state index contributed by atoms with van der Waals surface area (Å²) in [5.41, 5.74) is 1.43. The first kappa shape index (κ1) is 18.5. The van der Waals surface area contributed by atoms with Crippen LogP contribution in [-0.4, -0.2) is 55.1 Å². The number of nitrogens with zero attached hydrogens (tertiary/aromatic N) is 6. The molecule has 1 atom stereocenters. The van der Waals surface area contributed by atoms with Gasteiger partial charge in [0.1, 0.15) is 17.2 Å². The number of carbonyl (C=O) groups is 1. The summed E-state index contributed by atoms with van der Waals surface area (Å²) in [6.45, 7) is 4.80. The van der Waals surface area contributed by atoms with Gasteiger partial charge in [0.2, 0.25) is 0 Å². The molecule has 0 aromatic carbocycles. The highest BCUT2D eigenvalue weighted by Crippen LogP contribution is 2.31. The molecule has 3 aromatic rings. The molecule has 0 saturated carbocycles. The molecule has 8 nitrogen and oxygen atoms in total. The summed E-state index contributed by atoms with van der Waals surface area (Å²) >= 11 is 1.62. The Labute approximate surface area is 173 Å². The lowest BCUT2D eigenvalue weighted by molar-refractivity contribution is 0.0658. The number of aryl methyl sites for hydroxylation is 1. The first-order valence-electron chi connectivity index (χ1n) is 10.0. The smallest absolute Gasteiger partial charge is 0.272 e. The maximum absolute atomic E-state index is 13.3. The number of carbonyl (C=O) groups excluding carboxylic acids is 1. The molecule has 5 rings (SSSR count). The van der Waals surface area contributed by atoms with Crippen molar-refractivity contribution in [2.75, 3.05) is 19.8 Å². The number of hydrogen-bond donors (Lipinski definition) is 0. The summed E-state index contributed by atoms with van der Waals surface area (Å²) in [4.78, 5) is 16.2. The second kappa shape index (κ2) is 7.38. The molecule has 152 valence electrons. The van der Waals surface area contributed by atoms with Crippen LogP contribution < -0.4 is 0 Å². The Bertz CT molecular complexity index is 1020. The summed E-state index contributed by atoms with van der Waals surface area (Å²) in [6.07, 6.45) is 1.96. The molecule has 0 N–H and O–H groups in total. The van der Waals surface area contributed by atoms with Crippen molar-refractivity contribution in [2.45, 2.75) is 38.3 Å². The number of rotatable bonds is 3. The summed E-state index contributed by atoms with van der Waals surface area (Å²) in [5, 5.41) is 15.5. The van der Waals surface area contributed by atoms with Crippen molar-refractivity contribution in [1.82, 2.24) is 29.4 Å². The minimum absolute atomic E-state index is 0.0171. The molecule has 3 aromatic heterocycles. The summed E-state index contributed by atoms with van der Waals surface area (Å²) in [6, 6.07) is 6.03. The molecule has 9 heteroatoms. The lowest BCUT2D eigenvalue weighted by Gasteiger charge is -2.34. The second-order valence-electron chi connectivity index (χ2n) is 7.78. The Balaban J connectivity index is 1.39. The van der Waals surface area contributed by atoms with Gasteiger partial charge >= 0.3 is 0 Å². The Morgan fingerprint density at radius 1 is 1.28 bits per heavy atom. The third-order valence-electron chi connectivity index (χ3n) is 5.80. The van der Waals surface area contributed by atoms with Crippen LogP contribution in [0.5, 0.6) is 0 Å². The van der Waals surface area contributed by atoms with Crippen LogP contribution in [0.25, 0.3) is 10.6 Å². The van der Waals surface area contributed by atoms with E-state index in [0.717, 1.165) is 48.3 Å². The topological polar surface area (TPSA) is 78.1 Å². The number of thiophene rings is 1. The minimum Gasteiger partial charge on any atom is -0.381 e. The van der Waals surface area contributed by atoms with Gasteiger partial charge in [-0.3, -0.25) is 9.48 Å². The molecule has 2 aliphatic heterocycles. The molecule has 0 radical (unpaired) electrons. The maximum atomic E-state index is 13.3. The predicted octanol–water partition coefficient (Wildman–Crippen LogP) is 2.85. The van der Waals surface area contributed by atoms with E-state index in [2.05, 4.69) is 26.8 Å². The highest BCUT2D eigenvalue weighted by atomic mass is 32.1. The lowest BCUT2D eigenvalue weighted by Crippen LogP contribution is -2.41. The van der Waals surface area contributed by atoms with E-state index in [-0.39, 0.29) is 11.9 Å². The highest BCUT2D eigenvalue weighted by molar-refractivity contribution is 7.13. The van der Waals surface area contributed by atoms with Crippen LogP contribution in [-0.2, 0) is 18.3 Å². The maximum Gasteiger partial charge on any atom is 0.272 e. The van der Waals surface area contributed by atoms with E-state index in [1.54, 1.807) is 16.0 Å². The second-order valence-corrected chi connectivity index (χ2v) is 8.73. The van der Waals surface area contributed by atoms with Crippen molar-refractivity contribution in [2.24, 2.45) is 7.05 Å². The van der Waals surface area contributed by atoms with Crippen molar-refractivity contribution in [3.05, 3.63) is 40.9 Å². The molecule has 1 amide bonds. The average Bonchev–Trinajstić information content (AvgIpc) is 3.47. The summed E-state index contributed by atoms with van der Waals surface area (Å²) in [5.74, 6) is 2.28. The van der Waals surface area contributed by atoms with E-state index in [4.69, 9.17) is 4.74 Å². The summed E-state index contributed by atoms with van der Waals surface area (Å²) < 4.78 is 9.40. The fourth-order valence-electron chi connectivity index (χ4n) is 4.32. The Kier molecular flexibility index (Phi) is 4.71. The van der Waals surface area contributed by atoms with E-state index in [1.165, 1.54) is 0 Å². The Morgan fingerprint density at radius 3 is 2.86 bits per heavy atom. The predicted molar refractivity (Wildman–Crippen MR) is 109 cm³/mol. The SMILES string of the molecule is C[C@H]1CN(C(=O)c2cc(-c3cccs3)nn2C)Cc2nnc(C3CCOCC3)n21. The molecule has 1 saturated heterocycles. The highest BCUT2D eigenvalue weighted by Gasteiger charge is 2.33. The quantitative estimate of drug-likeness (QED) is 0.661. The third kappa shape index (κ3) is 3.28. The van der Waals surface area contributed by atoms with Gasteiger partial charge in [-0.05, 0) is 37.3 Å². The van der Waals surface area contributed by atoms with Crippen LogP contribution >= 0.6 is 11.3 Å². The standard InChI is InChI=1S/C20H24N6O2S/c1-13-11-25(12-18-21-22-19(26(13)18)14-5-7-28-8-6-14)20(27)16-10-15(23-24(16)2)17-4-3-9-29-17/h3-4,9-10,13-14H,5-8,11-12H2,1-2H3/t13-/m0/s1. The van der Waals surface area contributed by atoms with Gasteiger partial charge in [0.25, 0.3) is 5.91 Å².